The van der Waals surface area contributed by atoms with Crippen LogP contribution in [0.3, 0.4) is 0 Å². The summed E-state index contributed by atoms with van der Waals surface area (Å²) in [6, 6.07) is 2.07. The molecule has 1 aromatic carbocycles. The third kappa shape index (κ3) is 1.91. The van der Waals surface area contributed by atoms with E-state index in [2.05, 4.69) is 31.0 Å². The van der Waals surface area contributed by atoms with Crippen molar-refractivity contribution in [1.29, 1.82) is 0 Å². The van der Waals surface area contributed by atoms with Gasteiger partial charge in [0, 0.05) is 18.5 Å². The van der Waals surface area contributed by atoms with E-state index in [-0.39, 0.29) is 17.3 Å². The fourth-order valence-corrected chi connectivity index (χ4v) is 4.45. The number of methoxy groups -OCH3 is 1. The standard InChI is InChI=1S/C19H23NO3/c1-11-7-15(22-4)18-17-13(11)10-20(3)6-5-19(17)9-12(2)14(21)8-16(19)23-18/h7,9,16H,5-6,8,10H2,1-4H3. The smallest absolute Gasteiger partial charge is 0.166 e. The molecule has 1 spiro atoms. The summed E-state index contributed by atoms with van der Waals surface area (Å²) in [4.78, 5) is 14.6. The quantitative estimate of drug-likeness (QED) is 0.799. The van der Waals surface area contributed by atoms with E-state index in [9.17, 15) is 4.79 Å². The Labute approximate surface area is 137 Å². The predicted octanol–water partition coefficient (Wildman–Crippen LogP) is 2.76. The van der Waals surface area contributed by atoms with Crippen molar-refractivity contribution in [3.05, 3.63) is 34.4 Å². The van der Waals surface area contributed by atoms with Crippen molar-refractivity contribution in [2.45, 2.75) is 44.8 Å². The summed E-state index contributed by atoms with van der Waals surface area (Å²) in [6.07, 6.45) is 3.51. The minimum atomic E-state index is -0.188. The zero-order valence-electron chi connectivity index (χ0n) is 14.2. The molecular formula is C19H23NO3. The van der Waals surface area contributed by atoms with Gasteiger partial charge in [0.05, 0.1) is 12.5 Å². The third-order valence-electron chi connectivity index (χ3n) is 5.72. The second-order valence-electron chi connectivity index (χ2n) is 7.17. The van der Waals surface area contributed by atoms with Crippen molar-refractivity contribution >= 4 is 5.78 Å². The van der Waals surface area contributed by atoms with E-state index in [1.165, 1.54) is 16.7 Å². The Bertz CT molecular complexity index is 737. The topological polar surface area (TPSA) is 38.8 Å². The normalized spacial score (nSPS) is 29.3. The summed E-state index contributed by atoms with van der Waals surface area (Å²) in [5.41, 5.74) is 4.51. The summed E-state index contributed by atoms with van der Waals surface area (Å²) in [7, 11) is 3.85. The van der Waals surface area contributed by atoms with Crippen LogP contribution in [0.5, 0.6) is 11.5 Å². The monoisotopic (exact) mass is 313 g/mol. The largest absolute Gasteiger partial charge is 0.493 e. The number of carbonyl (C=O) groups excluding carboxylic acids is 1. The van der Waals surface area contributed by atoms with Gasteiger partial charge in [0.15, 0.2) is 17.3 Å². The van der Waals surface area contributed by atoms with Gasteiger partial charge in [-0.2, -0.15) is 0 Å². The first kappa shape index (κ1) is 14.8. The number of benzene rings is 1. The second-order valence-corrected chi connectivity index (χ2v) is 7.17. The molecule has 2 heterocycles. The maximum Gasteiger partial charge on any atom is 0.166 e. The van der Waals surface area contributed by atoms with Gasteiger partial charge >= 0.3 is 0 Å². The molecule has 4 nitrogen and oxygen atoms in total. The number of ketones is 1. The number of hydrogen-bond donors (Lipinski definition) is 0. The number of hydrogen-bond acceptors (Lipinski definition) is 4. The molecule has 23 heavy (non-hydrogen) atoms. The van der Waals surface area contributed by atoms with E-state index in [0.29, 0.717) is 6.42 Å². The number of rotatable bonds is 1. The molecule has 2 aliphatic heterocycles. The number of Topliss-reactive ketones (excluding diaryl/α,β-unsaturated/α-hetero) is 1. The average molecular weight is 313 g/mol. The molecule has 0 bridgehead atoms. The molecule has 0 saturated carbocycles. The molecule has 0 fully saturated rings. The Balaban J connectivity index is 2.04. The van der Waals surface area contributed by atoms with Gasteiger partial charge in [-0.3, -0.25) is 4.79 Å². The molecule has 1 aliphatic carbocycles. The Morgan fingerprint density at radius 1 is 1.39 bits per heavy atom. The Morgan fingerprint density at radius 3 is 2.91 bits per heavy atom. The van der Waals surface area contributed by atoms with Gasteiger partial charge in [-0.05, 0) is 56.6 Å². The van der Waals surface area contributed by atoms with E-state index < -0.39 is 0 Å². The molecule has 122 valence electrons. The van der Waals surface area contributed by atoms with Crippen LogP contribution in [0.4, 0.5) is 0 Å². The number of aryl methyl sites for hydroxylation is 1. The first-order chi connectivity index (χ1) is 11.0. The maximum absolute atomic E-state index is 12.2. The molecule has 2 unspecified atom stereocenters. The number of nitrogens with zero attached hydrogens (tertiary/aromatic N) is 1. The van der Waals surface area contributed by atoms with Crippen molar-refractivity contribution in [1.82, 2.24) is 4.90 Å². The third-order valence-corrected chi connectivity index (χ3v) is 5.72. The second kappa shape index (κ2) is 4.84. The Hall–Kier alpha value is -1.81. The van der Waals surface area contributed by atoms with Crippen molar-refractivity contribution in [3.8, 4) is 11.5 Å². The lowest BCUT2D eigenvalue weighted by molar-refractivity contribution is -0.118. The van der Waals surface area contributed by atoms with Crippen molar-refractivity contribution in [2.75, 3.05) is 20.7 Å². The van der Waals surface area contributed by atoms with Crippen molar-refractivity contribution in [3.63, 3.8) is 0 Å². The molecule has 0 N–H and O–H groups in total. The van der Waals surface area contributed by atoms with Crippen LogP contribution in [0.2, 0.25) is 0 Å². The summed E-state index contributed by atoms with van der Waals surface area (Å²) in [6.45, 7) is 5.99. The van der Waals surface area contributed by atoms with Crippen LogP contribution < -0.4 is 9.47 Å². The Kier molecular flexibility index (Phi) is 3.11. The summed E-state index contributed by atoms with van der Waals surface area (Å²) in [5, 5.41) is 0. The highest BCUT2D eigenvalue weighted by Gasteiger charge is 2.53. The molecule has 1 aromatic rings. The van der Waals surface area contributed by atoms with Gasteiger partial charge in [-0.25, -0.2) is 0 Å². The van der Waals surface area contributed by atoms with Crippen LogP contribution in [-0.2, 0) is 16.8 Å². The number of carbonyl (C=O) groups is 1. The van der Waals surface area contributed by atoms with Gasteiger partial charge in [-0.15, -0.1) is 0 Å². The lowest BCUT2D eigenvalue weighted by Gasteiger charge is -2.35. The minimum absolute atomic E-state index is 0.102. The summed E-state index contributed by atoms with van der Waals surface area (Å²) < 4.78 is 11.9. The zero-order chi connectivity index (χ0) is 16.4. The predicted molar refractivity (Wildman–Crippen MR) is 88.2 cm³/mol. The van der Waals surface area contributed by atoms with Crippen LogP contribution in [0.15, 0.2) is 17.7 Å². The van der Waals surface area contributed by atoms with Crippen LogP contribution in [0.1, 0.15) is 36.5 Å². The first-order valence-corrected chi connectivity index (χ1v) is 8.25. The Morgan fingerprint density at radius 2 is 2.17 bits per heavy atom. The van der Waals surface area contributed by atoms with E-state index in [1.807, 2.05) is 6.92 Å². The van der Waals surface area contributed by atoms with Crippen LogP contribution in [0, 0.1) is 6.92 Å². The molecular weight excluding hydrogens is 290 g/mol. The van der Waals surface area contributed by atoms with E-state index in [1.54, 1.807) is 7.11 Å². The van der Waals surface area contributed by atoms with Gasteiger partial charge < -0.3 is 14.4 Å². The molecule has 4 rings (SSSR count). The number of ether oxygens (including phenoxy) is 2. The van der Waals surface area contributed by atoms with Crippen LogP contribution >= 0.6 is 0 Å². The zero-order valence-corrected chi connectivity index (χ0v) is 14.2. The molecule has 4 heteroatoms. The van der Waals surface area contributed by atoms with Crippen LogP contribution in [0.25, 0.3) is 0 Å². The van der Waals surface area contributed by atoms with E-state index in [0.717, 1.165) is 36.6 Å². The molecule has 0 amide bonds. The fraction of sp³-hybridized carbons (Fsp3) is 0.526. The summed E-state index contributed by atoms with van der Waals surface area (Å²) >= 11 is 0. The lowest BCUT2D eigenvalue weighted by atomic mass is 9.67. The molecule has 2 atom stereocenters. The number of allylic oxidation sites excluding steroid dienone is 1. The van der Waals surface area contributed by atoms with Crippen LogP contribution in [-0.4, -0.2) is 37.5 Å². The molecule has 0 radical (unpaired) electrons. The van der Waals surface area contributed by atoms with Crippen molar-refractivity contribution < 1.29 is 14.3 Å². The molecule has 0 aromatic heterocycles. The van der Waals surface area contributed by atoms with E-state index >= 15 is 0 Å². The summed E-state index contributed by atoms with van der Waals surface area (Å²) in [5.74, 6) is 1.84. The first-order valence-electron chi connectivity index (χ1n) is 8.25. The average Bonchev–Trinajstić information content (AvgIpc) is 2.74. The highest BCUT2D eigenvalue weighted by atomic mass is 16.5. The molecule has 3 aliphatic rings. The lowest BCUT2D eigenvalue weighted by Crippen LogP contribution is -2.43. The minimum Gasteiger partial charge on any atom is -0.493 e. The van der Waals surface area contributed by atoms with Crippen molar-refractivity contribution in [2.24, 2.45) is 0 Å². The van der Waals surface area contributed by atoms with Gasteiger partial charge in [0.25, 0.3) is 0 Å². The van der Waals surface area contributed by atoms with E-state index in [4.69, 9.17) is 9.47 Å². The molecule has 0 saturated heterocycles. The highest BCUT2D eigenvalue weighted by Crippen LogP contribution is 2.56. The fourth-order valence-electron chi connectivity index (χ4n) is 4.45. The SMILES string of the molecule is COc1cc(C)c2c3c1OC1CC(=O)C(C)=CC31CCN(C)C2. The van der Waals surface area contributed by atoms with Gasteiger partial charge in [0.1, 0.15) is 6.10 Å². The van der Waals surface area contributed by atoms with Gasteiger partial charge in [-0.1, -0.05) is 6.08 Å². The van der Waals surface area contributed by atoms with Gasteiger partial charge in [0.2, 0.25) is 0 Å². The maximum atomic E-state index is 12.2. The highest BCUT2D eigenvalue weighted by molar-refractivity contribution is 5.97.